The smallest absolute Gasteiger partial charge is 0.253 e. The molecular formula is C33H29ClN2O2. The lowest BCUT2D eigenvalue weighted by atomic mass is 9.70. The van der Waals surface area contributed by atoms with Crippen molar-refractivity contribution in [3.63, 3.8) is 0 Å². The molecule has 4 aromatic rings. The highest BCUT2D eigenvalue weighted by Gasteiger charge is 2.66. The van der Waals surface area contributed by atoms with E-state index in [1.807, 2.05) is 90.8 Å². The van der Waals surface area contributed by atoms with Crippen LogP contribution in [-0.2, 0) is 16.9 Å². The van der Waals surface area contributed by atoms with Gasteiger partial charge in [-0.25, -0.2) is 0 Å². The summed E-state index contributed by atoms with van der Waals surface area (Å²) in [5, 5.41) is 0.631. The van der Waals surface area contributed by atoms with E-state index in [1.54, 1.807) is 0 Å². The van der Waals surface area contributed by atoms with Crippen LogP contribution in [0.5, 0.6) is 0 Å². The van der Waals surface area contributed by atoms with Crippen LogP contribution in [0.4, 0.5) is 5.69 Å². The van der Waals surface area contributed by atoms with Crippen LogP contribution in [0.1, 0.15) is 38.5 Å². The maximum atomic E-state index is 14.8. The van der Waals surface area contributed by atoms with Crippen molar-refractivity contribution in [1.82, 2.24) is 4.90 Å². The number of aryl methyl sites for hydroxylation is 1. The second-order valence-corrected chi connectivity index (χ2v) is 10.8. The third kappa shape index (κ3) is 3.79. The fraction of sp³-hybridized carbons (Fsp3) is 0.212. The summed E-state index contributed by atoms with van der Waals surface area (Å²) < 4.78 is 0. The first-order chi connectivity index (χ1) is 18.4. The summed E-state index contributed by atoms with van der Waals surface area (Å²) >= 11 is 6.28. The molecule has 3 unspecified atom stereocenters. The molecular weight excluding hydrogens is 492 g/mol. The van der Waals surface area contributed by atoms with Gasteiger partial charge in [-0.2, -0.15) is 0 Å². The van der Waals surface area contributed by atoms with E-state index in [2.05, 4.69) is 36.1 Å². The first-order valence-corrected chi connectivity index (χ1v) is 13.3. The maximum Gasteiger partial charge on any atom is 0.253 e. The number of hydrogen-bond donors (Lipinski definition) is 0. The highest BCUT2D eigenvalue weighted by atomic mass is 35.5. The van der Waals surface area contributed by atoms with Gasteiger partial charge in [0.05, 0.1) is 12.5 Å². The summed E-state index contributed by atoms with van der Waals surface area (Å²) in [6.45, 7) is 3.04. The number of Topliss-reactive ketones (excluding diaryl/α,β-unsaturated/α-hetero) is 1. The van der Waals surface area contributed by atoms with E-state index in [9.17, 15) is 9.59 Å². The largest absolute Gasteiger partial charge is 0.306 e. The average molecular weight is 521 g/mol. The van der Waals surface area contributed by atoms with Crippen LogP contribution in [0.3, 0.4) is 0 Å². The Morgan fingerprint density at radius 2 is 1.63 bits per heavy atom. The van der Waals surface area contributed by atoms with Gasteiger partial charge in [-0.1, -0.05) is 102 Å². The third-order valence-corrected chi connectivity index (χ3v) is 8.41. The number of para-hydroxylation sites is 1. The average Bonchev–Trinajstić information content (AvgIpc) is 3.37. The lowest BCUT2D eigenvalue weighted by molar-refractivity contribution is -0.129. The zero-order chi connectivity index (χ0) is 26.4. The van der Waals surface area contributed by atoms with Gasteiger partial charge in [-0.05, 0) is 43.3 Å². The van der Waals surface area contributed by atoms with Crippen LogP contribution in [0, 0.1) is 12.8 Å². The van der Waals surface area contributed by atoms with Gasteiger partial charge in [0.1, 0.15) is 5.54 Å². The molecule has 38 heavy (non-hydrogen) atoms. The number of benzene rings is 4. The van der Waals surface area contributed by atoms with Gasteiger partial charge in [0.2, 0.25) is 0 Å². The number of amides is 1. The molecule has 4 aromatic carbocycles. The molecule has 190 valence electrons. The van der Waals surface area contributed by atoms with Crippen molar-refractivity contribution >= 4 is 29.0 Å². The molecule has 5 heteroatoms. The molecule has 2 heterocycles. The van der Waals surface area contributed by atoms with Crippen molar-refractivity contribution in [3.05, 3.63) is 136 Å². The fourth-order valence-corrected chi connectivity index (χ4v) is 6.66. The van der Waals surface area contributed by atoms with Gasteiger partial charge in [-0.3, -0.25) is 14.5 Å². The van der Waals surface area contributed by atoms with E-state index in [1.165, 1.54) is 0 Å². The van der Waals surface area contributed by atoms with Gasteiger partial charge in [0.15, 0.2) is 5.78 Å². The Balaban J connectivity index is 1.54. The number of likely N-dealkylation sites (N-methyl/N-ethyl adjacent to an activating group) is 1. The number of fused-ring (bicyclic) bond motifs is 2. The Labute approximate surface area is 228 Å². The number of likely N-dealkylation sites (tertiary alicyclic amines) is 1. The number of carbonyl (C=O) groups is 2. The molecule has 0 saturated carbocycles. The molecule has 0 N–H and O–H groups in total. The highest BCUT2D eigenvalue weighted by Crippen LogP contribution is 2.57. The second-order valence-electron chi connectivity index (χ2n) is 10.4. The van der Waals surface area contributed by atoms with Crippen LogP contribution in [-0.4, -0.2) is 30.2 Å². The number of rotatable bonds is 5. The first-order valence-electron chi connectivity index (χ1n) is 12.9. The predicted molar refractivity (Wildman–Crippen MR) is 152 cm³/mol. The van der Waals surface area contributed by atoms with E-state index in [0.717, 1.165) is 27.9 Å². The minimum atomic E-state index is -1.11. The molecule has 4 nitrogen and oxygen atoms in total. The molecule has 2 aliphatic rings. The van der Waals surface area contributed by atoms with Crippen LogP contribution < -0.4 is 4.90 Å². The number of halogens is 1. The van der Waals surface area contributed by atoms with Crippen LogP contribution >= 0.6 is 11.6 Å². The lowest BCUT2D eigenvalue weighted by Crippen LogP contribution is -2.53. The fourth-order valence-electron chi connectivity index (χ4n) is 6.44. The Morgan fingerprint density at radius 1 is 0.921 bits per heavy atom. The predicted octanol–water partition coefficient (Wildman–Crippen LogP) is 6.62. The molecule has 3 atom stereocenters. The zero-order valence-electron chi connectivity index (χ0n) is 21.5. The monoisotopic (exact) mass is 520 g/mol. The summed E-state index contributed by atoms with van der Waals surface area (Å²) in [6, 6.07) is 33.3. The standard InChI is InChI=1S/C33H29ClN2O2/c1-22-15-17-24(18-16-22)27-21-35(2)33(30(27)31(37)25-10-4-3-5-11-25)28-13-6-7-14-29(28)36(32(33)38)20-23-9-8-12-26(34)19-23/h3-19,27,30H,20-21H2,1-2H3. The van der Waals surface area contributed by atoms with Gasteiger partial charge in [0.25, 0.3) is 5.91 Å². The Morgan fingerprint density at radius 3 is 2.37 bits per heavy atom. The van der Waals surface area contributed by atoms with Gasteiger partial charge in [-0.15, -0.1) is 0 Å². The van der Waals surface area contributed by atoms with E-state index < -0.39 is 11.5 Å². The van der Waals surface area contributed by atoms with Gasteiger partial charge >= 0.3 is 0 Å². The van der Waals surface area contributed by atoms with E-state index >= 15 is 0 Å². The van der Waals surface area contributed by atoms with E-state index in [4.69, 9.17) is 11.6 Å². The van der Waals surface area contributed by atoms with Crippen LogP contribution in [0.15, 0.2) is 103 Å². The van der Waals surface area contributed by atoms with Crippen molar-refractivity contribution in [3.8, 4) is 0 Å². The second kappa shape index (κ2) is 9.54. The Kier molecular flexibility index (Phi) is 6.17. The molecule has 2 aliphatic heterocycles. The molecule has 0 aromatic heterocycles. The van der Waals surface area contributed by atoms with Crippen LogP contribution in [0.25, 0.3) is 0 Å². The van der Waals surface area contributed by atoms with Crippen molar-refractivity contribution in [2.45, 2.75) is 24.9 Å². The lowest BCUT2D eigenvalue weighted by Gasteiger charge is -2.36. The van der Waals surface area contributed by atoms with E-state index in [0.29, 0.717) is 23.7 Å². The van der Waals surface area contributed by atoms with Gasteiger partial charge in [0, 0.05) is 34.3 Å². The SMILES string of the molecule is Cc1ccc(C2CN(C)C3(C(=O)N(Cc4cccc(Cl)c4)c4ccccc43)C2C(=O)c2ccccc2)cc1. The zero-order valence-corrected chi connectivity index (χ0v) is 22.2. The molecule has 1 spiro atoms. The van der Waals surface area contributed by atoms with Crippen LogP contribution in [0.2, 0.25) is 5.02 Å². The number of anilines is 1. The topological polar surface area (TPSA) is 40.6 Å². The van der Waals surface area contributed by atoms with Crippen molar-refractivity contribution < 1.29 is 9.59 Å². The summed E-state index contributed by atoms with van der Waals surface area (Å²) in [6.07, 6.45) is 0. The molecule has 0 bridgehead atoms. The molecule has 1 fully saturated rings. The molecule has 0 radical (unpaired) electrons. The summed E-state index contributed by atoms with van der Waals surface area (Å²) in [4.78, 5) is 33.2. The normalized spacial score (nSPS) is 22.7. The first kappa shape index (κ1) is 24.6. The quantitative estimate of drug-likeness (QED) is 0.278. The molecule has 1 amide bonds. The maximum absolute atomic E-state index is 14.8. The van der Waals surface area contributed by atoms with Crippen molar-refractivity contribution in [1.29, 1.82) is 0 Å². The summed E-state index contributed by atoms with van der Waals surface area (Å²) in [5.74, 6) is -0.801. The minimum Gasteiger partial charge on any atom is -0.306 e. The molecule has 6 rings (SSSR count). The number of ketones is 1. The molecule has 0 aliphatic carbocycles. The Hall–Kier alpha value is -3.73. The minimum absolute atomic E-state index is 0.00622. The number of carbonyl (C=O) groups excluding carboxylic acids is 2. The highest BCUT2D eigenvalue weighted by molar-refractivity contribution is 6.30. The molecule has 1 saturated heterocycles. The summed E-state index contributed by atoms with van der Waals surface area (Å²) in [5.41, 5.74) is 4.43. The summed E-state index contributed by atoms with van der Waals surface area (Å²) in [7, 11) is 1.98. The van der Waals surface area contributed by atoms with E-state index in [-0.39, 0.29) is 17.6 Å². The third-order valence-electron chi connectivity index (χ3n) is 8.18. The van der Waals surface area contributed by atoms with Gasteiger partial charge < -0.3 is 4.90 Å². The van der Waals surface area contributed by atoms with Crippen molar-refractivity contribution in [2.24, 2.45) is 5.92 Å². The number of nitrogens with zero attached hydrogens (tertiary/aromatic N) is 2. The van der Waals surface area contributed by atoms with Crippen molar-refractivity contribution in [2.75, 3.05) is 18.5 Å². The number of hydrogen-bond acceptors (Lipinski definition) is 3. The Bertz CT molecular complexity index is 1520.